The quantitative estimate of drug-likeness (QED) is 0.449. The summed E-state index contributed by atoms with van der Waals surface area (Å²) < 4.78 is 4.82. The molecule has 58 valence electrons. The molecular weight excluding hydrogens is 140 g/mol. The normalized spacial score (nSPS) is 15.3. The van der Waals surface area contributed by atoms with Crippen LogP contribution in [-0.2, 0) is 9.53 Å². The highest BCUT2D eigenvalue weighted by molar-refractivity contribution is 5.81. The number of rotatable bonds is 3. The van der Waals surface area contributed by atoms with Crippen LogP contribution in [0.5, 0.6) is 0 Å². The van der Waals surface area contributed by atoms with E-state index in [9.17, 15) is 4.79 Å². The van der Waals surface area contributed by atoms with Gasteiger partial charge in [0.15, 0.2) is 0 Å². The first kappa shape index (κ1) is 7.79. The molecular formula is C9H10O2. The first-order valence-corrected chi connectivity index (χ1v) is 3.47. The van der Waals surface area contributed by atoms with E-state index >= 15 is 0 Å². The van der Waals surface area contributed by atoms with E-state index in [1.54, 1.807) is 0 Å². The van der Waals surface area contributed by atoms with E-state index in [1.165, 1.54) is 6.08 Å². The van der Waals surface area contributed by atoms with Crippen LogP contribution < -0.4 is 0 Å². The Morgan fingerprint density at radius 1 is 1.55 bits per heavy atom. The van der Waals surface area contributed by atoms with Crippen molar-refractivity contribution in [3.8, 4) is 0 Å². The van der Waals surface area contributed by atoms with Gasteiger partial charge < -0.3 is 4.74 Å². The van der Waals surface area contributed by atoms with Crippen LogP contribution in [0.1, 0.15) is 0 Å². The monoisotopic (exact) mass is 150 g/mol. The number of allylic oxidation sites excluding steroid dienone is 2. The van der Waals surface area contributed by atoms with E-state index in [-0.39, 0.29) is 11.9 Å². The molecule has 0 fully saturated rings. The Balaban J connectivity index is 2.22. The zero-order valence-electron chi connectivity index (χ0n) is 6.19. The highest BCUT2D eigenvalue weighted by Crippen LogP contribution is 2.08. The summed E-state index contributed by atoms with van der Waals surface area (Å²) in [6.07, 6.45) is 9.01. The molecule has 2 heteroatoms. The van der Waals surface area contributed by atoms with Gasteiger partial charge in [-0.15, -0.1) is 0 Å². The zero-order valence-corrected chi connectivity index (χ0v) is 6.19. The molecule has 0 aromatic rings. The SMILES string of the molecule is C=CC(=O)OCC1C=CC=C1. The summed E-state index contributed by atoms with van der Waals surface area (Å²) in [5.74, 6) is -0.113. The van der Waals surface area contributed by atoms with Crippen LogP contribution in [-0.4, -0.2) is 12.6 Å². The fourth-order valence-electron chi connectivity index (χ4n) is 0.826. The molecule has 2 nitrogen and oxygen atoms in total. The number of hydrogen-bond acceptors (Lipinski definition) is 2. The standard InChI is InChI=1S/C9H10O2/c1-2-9(10)11-7-8-5-3-4-6-8/h2-6,8H,1,7H2. The van der Waals surface area contributed by atoms with Gasteiger partial charge in [-0.2, -0.15) is 0 Å². The minimum atomic E-state index is -0.362. The Kier molecular flexibility index (Phi) is 2.66. The molecule has 0 N–H and O–H groups in total. The molecule has 0 radical (unpaired) electrons. The van der Waals surface area contributed by atoms with Crippen molar-refractivity contribution in [1.29, 1.82) is 0 Å². The molecule has 0 bridgehead atoms. The third-order valence-electron chi connectivity index (χ3n) is 1.41. The molecule has 0 aromatic heterocycles. The number of carbonyl (C=O) groups excluding carboxylic acids is 1. The lowest BCUT2D eigenvalue weighted by Crippen LogP contribution is -2.07. The van der Waals surface area contributed by atoms with Crippen LogP contribution >= 0.6 is 0 Å². The van der Waals surface area contributed by atoms with Crippen molar-refractivity contribution in [2.24, 2.45) is 5.92 Å². The molecule has 0 aliphatic heterocycles. The molecule has 0 amide bonds. The highest BCUT2D eigenvalue weighted by atomic mass is 16.5. The largest absolute Gasteiger partial charge is 0.462 e. The Hall–Kier alpha value is -1.31. The summed E-state index contributed by atoms with van der Waals surface area (Å²) in [6.45, 7) is 3.71. The van der Waals surface area contributed by atoms with Crippen molar-refractivity contribution in [2.75, 3.05) is 6.61 Å². The van der Waals surface area contributed by atoms with E-state index in [2.05, 4.69) is 6.58 Å². The van der Waals surface area contributed by atoms with Gasteiger partial charge in [-0.05, 0) is 0 Å². The Morgan fingerprint density at radius 3 is 2.73 bits per heavy atom. The number of carbonyl (C=O) groups is 1. The molecule has 0 heterocycles. The van der Waals surface area contributed by atoms with Crippen molar-refractivity contribution in [3.05, 3.63) is 37.0 Å². The van der Waals surface area contributed by atoms with E-state index in [1.807, 2.05) is 24.3 Å². The second-order valence-corrected chi connectivity index (χ2v) is 2.27. The summed E-state index contributed by atoms with van der Waals surface area (Å²) in [5, 5.41) is 0. The Labute approximate surface area is 65.9 Å². The fraction of sp³-hybridized carbons (Fsp3) is 0.222. The third-order valence-corrected chi connectivity index (χ3v) is 1.41. The van der Waals surface area contributed by atoms with Crippen molar-refractivity contribution in [1.82, 2.24) is 0 Å². The van der Waals surface area contributed by atoms with Crippen LogP contribution in [0.2, 0.25) is 0 Å². The molecule has 0 unspecified atom stereocenters. The van der Waals surface area contributed by atoms with Crippen LogP contribution in [0, 0.1) is 5.92 Å². The van der Waals surface area contributed by atoms with Crippen LogP contribution in [0.25, 0.3) is 0 Å². The van der Waals surface area contributed by atoms with Gasteiger partial charge in [-0.1, -0.05) is 30.9 Å². The minimum Gasteiger partial charge on any atom is -0.462 e. The number of ether oxygens (including phenoxy) is 1. The maximum Gasteiger partial charge on any atom is 0.330 e. The molecule has 0 saturated heterocycles. The van der Waals surface area contributed by atoms with E-state index in [0.29, 0.717) is 6.61 Å². The van der Waals surface area contributed by atoms with E-state index in [4.69, 9.17) is 4.74 Å². The van der Waals surface area contributed by atoms with Crippen molar-refractivity contribution in [3.63, 3.8) is 0 Å². The molecule has 1 rings (SSSR count). The first-order valence-electron chi connectivity index (χ1n) is 3.47. The Bertz CT molecular complexity index is 202. The molecule has 0 spiro atoms. The molecule has 1 aliphatic carbocycles. The molecule has 0 atom stereocenters. The zero-order chi connectivity index (χ0) is 8.10. The minimum absolute atomic E-state index is 0.249. The second kappa shape index (κ2) is 3.76. The lowest BCUT2D eigenvalue weighted by atomic mass is 10.2. The summed E-state index contributed by atoms with van der Waals surface area (Å²) >= 11 is 0. The second-order valence-electron chi connectivity index (χ2n) is 2.27. The molecule has 0 saturated carbocycles. The topological polar surface area (TPSA) is 26.3 Å². The maximum absolute atomic E-state index is 10.6. The van der Waals surface area contributed by atoms with Gasteiger partial charge in [0.05, 0.1) is 0 Å². The molecule has 0 aromatic carbocycles. The van der Waals surface area contributed by atoms with Crippen LogP contribution in [0.3, 0.4) is 0 Å². The van der Waals surface area contributed by atoms with Crippen molar-refractivity contribution in [2.45, 2.75) is 0 Å². The highest BCUT2D eigenvalue weighted by Gasteiger charge is 2.05. The van der Waals surface area contributed by atoms with Crippen molar-refractivity contribution >= 4 is 5.97 Å². The van der Waals surface area contributed by atoms with Gasteiger partial charge >= 0.3 is 5.97 Å². The van der Waals surface area contributed by atoms with Gasteiger partial charge in [-0.3, -0.25) is 0 Å². The van der Waals surface area contributed by atoms with E-state index < -0.39 is 0 Å². The van der Waals surface area contributed by atoms with Crippen molar-refractivity contribution < 1.29 is 9.53 Å². The van der Waals surface area contributed by atoms with Gasteiger partial charge in [0.2, 0.25) is 0 Å². The summed E-state index contributed by atoms with van der Waals surface area (Å²) in [4.78, 5) is 10.6. The first-order chi connectivity index (χ1) is 5.33. The fourth-order valence-corrected chi connectivity index (χ4v) is 0.826. The lowest BCUT2D eigenvalue weighted by molar-refractivity contribution is -0.138. The third kappa shape index (κ3) is 2.42. The summed E-state index contributed by atoms with van der Waals surface area (Å²) in [5.41, 5.74) is 0. The smallest absolute Gasteiger partial charge is 0.330 e. The number of esters is 1. The predicted molar refractivity (Wildman–Crippen MR) is 42.9 cm³/mol. The Morgan fingerprint density at radius 2 is 2.18 bits per heavy atom. The summed E-state index contributed by atoms with van der Waals surface area (Å²) in [7, 11) is 0. The van der Waals surface area contributed by atoms with E-state index in [0.717, 1.165) is 0 Å². The average molecular weight is 150 g/mol. The van der Waals surface area contributed by atoms with Gasteiger partial charge in [-0.25, -0.2) is 4.79 Å². The molecule has 11 heavy (non-hydrogen) atoms. The number of hydrogen-bond donors (Lipinski definition) is 0. The predicted octanol–water partition coefficient (Wildman–Crippen LogP) is 1.46. The van der Waals surface area contributed by atoms with Crippen LogP contribution in [0.15, 0.2) is 37.0 Å². The average Bonchev–Trinajstić information content (AvgIpc) is 2.52. The van der Waals surface area contributed by atoms with Gasteiger partial charge in [0.1, 0.15) is 6.61 Å². The summed E-state index contributed by atoms with van der Waals surface area (Å²) in [6, 6.07) is 0. The molecule has 1 aliphatic rings. The van der Waals surface area contributed by atoms with Gasteiger partial charge in [0, 0.05) is 12.0 Å². The lowest BCUT2D eigenvalue weighted by Gasteiger charge is -2.04. The van der Waals surface area contributed by atoms with Crippen LogP contribution in [0.4, 0.5) is 0 Å². The maximum atomic E-state index is 10.6. The van der Waals surface area contributed by atoms with Gasteiger partial charge in [0.25, 0.3) is 0 Å².